The summed E-state index contributed by atoms with van der Waals surface area (Å²) in [6.07, 6.45) is 1.50. The van der Waals surface area contributed by atoms with Crippen molar-refractivity contribution in [2.45, 2.75) is 31.8 Å². The molecule has 0 amide bonds. The minimum Gasteiger partial charge on any atom is -0.494 e. The van der Waals surface area contributed by atoms with E-state index in [4.69, 9.17) is 10.5 Å². The number of nitro benzene ring substituents is 1. The van der Waals surface area contributed by atoms with Crippen LogP contribution in [0.1, 0.15) is 19.8 Å². The molecule has 1 fully saturated rings. The molecular formula is C13H18FN3O3. The first-order valence-corrected chi connectivity index (χ1v) is 6.48. The SMILES string of the molecule is COc1cc(N2CCC(N)CC2C)c([N+](=O)[O-])cc1F. The zero-order valence-corrected chi connectivity index (χ0v) is 11.5. The smallest absolute Gasteiger partial charge is 0.295 e. The molecule has 0 saturated carbocycles. The largest absolute Gasteiger partial charge is 0.494 e. The topological polar surface area (TPSA) is 81.6 Å². The number of piperidine rings is 1. The Balaban J connectivity index is 2.45. The molecular weight excluding hydrogens is 265 g/mol. The van der Waals surface area contributed by atoms with Crippen LogP contribution in [0.3, 0.4) is 0 Å². The Morgan fingerprint density at radius 2 is 2.25 bits per heavy atom. The molecule has 1 aromatic rings. The molecule has 1 saturated heterocycles. The summed E-state index contributed by atoms with van der Waals surface area (Å²) < 4.78 is 18.6. The lowest BCUT2D eigenvalue weighted by molar-refractivity contribution is -0.384. The average Bonchev–Trinajstić information content (AvgIpc) is 2.39. The highest BCUT2D eigenvalue weighted by Crippen LogP contribution is 2.37. The molecule has 1 aliphatic heterocycles. The number of halogens is 1. The molecule has 0 spiro atoms. The van der Waals surface area contributed by atoms with Crippen molar-refractivity contribution < 1.29 is 14.1 Å². The first kappa shape index (κ1) is 14.5. The summed E-state index contributed by atoms with van der Waals surface area (Å²) in [5.41, 5.74) is 6.04. The fourth-order valence-electron chi connectivity index (χ4n) is 2.63. The lowest BCUT2D eigenvalue weighted by Gasteiger charge is -2.37. The number of nitro groups is 1. The van der Waals surface area contributed by atoms with E-state index in [1.54, 1.807) is 0 Å². The molecule has 0 aromatic heterocycles. The summed E-state index contributed by atoms with van der Waals surface area (Å²) in [6, 6.07) is 2.46. The highest BCUT2D eigenvalue weighted by molar-refractivity contribution is 5.67. The number of rotatable bonds is 3. The number of hydrogen-bond acceptors (Lipinski definition) is 5. The van der Waals surface area contributed by atoms with Gasteiger partial charge in [0.2, 0.25) is 0 Å². The summed E-state index contributed by atoms with van der Waals surface area (Å²) in [5.74, 6) is -0.725. The number of hydrogen-bond donors (Lipinski definition) is 1. The normalized spacial score (nSPS) is 22.7. The lowest BCUT2D eigenvalue weighted by Crippen LogP contribution is -2.45. The summed E-state index contributed by atoms with van der Waals surface area (Å²) >= 11 is 0. The maximum atomic E-state index is 13.6. The van der Waals surface area contributed by atoms with E-state index in [1.807, 2.05) is 11.8 Å². The predicted molar refractivity (Wildman–Crippen MR) is 73.6 cm³/mol. The molecule has 7 heteroatoms. The van der Waals surface area contributed by atoms with Gasteiger partial charge in [-0.1, -0.05) is 0 Å². The van der Waals surface area contributed by atoms with Crippen molar-refractivity contribution in [2.75, 3.05) is 18.6 Å². The monoisotopic (exact) mass is 283 g/mol. The van der Waals surface area contributed by atoms with Gasteiger partial charge in [0, 0.05) is 24.7 Å². The molecule has 110 valence electrons. The predicted octanol–water partition coefficient (Wildman–Crippen LogP) is 2.06. The third kappa shape index (κ3) is 2.67. The van der Waals surface area contributed by atoms with Gasteiger partial charge in [0.05, 0.1) is 18.1 Å². The summed E-state index contributed by atoms with van der Waals surface area (Å²) in [6.45, 7) is 2.57. The third-order valence-electron chi connectivity index (χ3n) is 3.67. The molecule has 6 nitrogen and oxygen atoms in total. The molecule has 20 heavy (non-hydrogen) atoms. The van der Waals surface area contributed by atoms with E-state index in [-0.39, 0.29) is 23.5 Å². The van der Waals surface area contributed by atoms with Gasteiger partial charge in [0.1, 0.15) is 5.69 Å². The minimum atomic E-state index is -0.732. The Bertz CT molecular complexity index is 524. The maximum Gasteiger partial charge on any atom is 0.295 e. The van der Waals surface area contributed by atoms with Gasteiger partial charge in [0.25, 0.3) is 5.69 Å². The van der Waals surface area contributed by atoms with E-state index < -0.39 is 10.7 Å². The van der Waals surface area contributed by atoms with E-state index in [2.05, 4.69) is 0 Å². The number of methoxy groups -OCH3 is 1. The second-order valence-corrected chi connectivity index (χ2v) is 5.06. The van der Waals surface area contributed by atoms with Gasteiger partial charge < -0.3 is 15.4 Å². The zero-order valence-electron chi connectivity index (χ0n) is 11.5. The van der Waals surface area contributed by atoms with Crippen LogP contribution < -0.4 is 15.4 Å². The van der Waals surface area contributed by atoms with E-state index in [1.165, 1.54) is 13.2 Å². The standard InChI is InChI=1S/C13H18FN3O3/c1-8-5-9(15)3-4-16(8)11-7-13(20-2)10(14)6-12(11)17(18)19/h6-9H,3-5,15H2,1-2H3. The van der Waals surface area contributed by atoms with Gasteiger partial charge in [0.15, 0.2) is 11.6 Å². The second-order valence-electron chi connectivity index (χ2n) is 5.06. The fourth-order valence-corrected chi connectivity index (χ4v) is 2.63. The lowest BCUT2D eigenvalue weighted by atomic mass is 9.98. The Morgan fingerprint density at radius 3 is 2.80 bits per heavy atom. The first-order chi connectivity index (χ1) is 9.43. The van der Waals surface area contributed by atoms with Crippen molar-refractivity contribution in [1.29, 1.82) is 0 Å². The van der Waals surface area contributed by atoms with Crippen molar-refractivity contribution >= 4 is 11.4 Å². The summed E-state index contributed by atoms with van der Waals surface area (Å²) in [7, 11) is 1.34. The summed E-state index contributed by atoms with van der Waals surface area (Å²) in [5, 5.41) is 11.1. The molecule has 2 atom stereocenters. The second kappa shape index (κ2) is 5.62. The number of benzene rings is 1. The zero-order chi connectivity index (χ0) is 14.9. The number of anilines is 1. The Labute approximate surface area is 116 Å². The van der Waals surface area contributed by atoms with Crippen molar-refractivity contribution in [3.05, 3.63) is 28.1 Å². The maximum absolute atomic E-state index is 13.6. The molecule has 1 heterocycles. The van der Waals surface area contributed by atoms with Crippen LogP contribution in [0.25, 0.3) is 0 Å². The van der Waals surface area contributed by atoms with Gasteiger partial charge >= 0.3 is 0 Å². The minimum absolute atomic E-state index is 0.00710. The van der Waals surface area contributed by atoms with Crippen LogP contribution in [0.5, 0.6) is 5.75 Å². The third-order valence-corrected chi connectivity index (χ3v) is 3.67. The molecule has 0 bridgehead atoms. The van der Waals surface area contributed by atoms with E-state index in [0.29, 0.717) is 12.2 Å². The number of ether oxygens (including phenoxy) is 1. The molecule has 0 radical (unpaired) electrons. The van der Waals surface area contributed by atoms with Crippen molar-refractivity contribution in [1.82, 2.24) is 0 Å². The van der Waals surface area contributed by atoms with Crippen LogP contribution in [0.15, 0.2) is 12.1 Å². The molecule has 2 unspecified atom stereocenters. The van der Waals surface area contributed by atoms with Crippen LogP contribution >= 0.6 is 0 Å². The fraction of sp³-hybridized carbons (Fsp3) is 0.538. The van der Waals surface area contributed by atoms with Gasteiger partial charge in [-0.05, 0) is 19.8 Å². The van der Waals surface area contributed by atoms with E-state index in [9.17, 15) is 14.5 Å². The highest BCUT2D eigenvalue weighted by Gasteiger charge is 2.30. The number of nitrogens with zero attached hydrogens (tertiary/aromatic N) is 2. The first-order valence-electron chi connectivity index (χ1n) is 6.48. The van der Waals surface area contributed by atoms with Crippen molar-refractivity contribution in [3.63, 3.8) is 0 Å². The Kier molecular flexibility index (Phi) is 4.08. The summed E-state index contributed by atoms with van der Waals surface area (Å²) in [4.78, 5) is 12.5. The average molecular weight is 283 g/mol. The quantitative estimate of drug-likeness (QED) is 0.678. The molecule has 0 aliphatic carbocycles. The van der Waals surface area contributed by atoms with Crippen LogP contribution in [0, 0.1) is 15.9 Å². The Hall–Kier alpha value is -1.89. The van der Waals surface area contributed by atoms with Crippen LogP contribution in [0.2, 0.25) is 0 Å². The van der Waals surface area contributed by atoms with Crippen molar-refractivity contribution in [3.8, 4) is 5.75 Å². The van der Waals surface area contributed by atoms with Crippen LogP contribution in [0.4, 0.5) is 15.8 Å². The van der Waals surface area contributed by atoms with Crippen molar-refractivity contribution in [2.24, 2.45) is 5.73 Å². The number of nitrogens with two attached hydrogens (primary N) is 1. The van der Waals surface area contributed by atoms with Crippen LogP contribution in [-0.2, 0) is 0 Å². The van der Waals surface area contributed by atoms with E-state index >= 15 is 0 Å². The molecule has 1 aromatic carbocycles. The van der Waals surface area contributed by atoms with Crippen LogP contribution in [-0.4, -0.2) is 30.7 Å². The molecule has 2 N–H and O–H groups in total. The molecule has 2 rings (SSSR count). The van der Waals surface area contributed by atoms with Gasteiger partial charge in [-0.3, -0.25) is 10.1 Å². The van der Waals surface area contributed by atoms with Gasteiger partial charge in [-0.2, -0.15) is 0 Å². The highest BCUT2D eigenvalue weighted by atomic mass is 19.1. The van der Waals surface area contributed by atoms with E-state index in [0.717, 1.165) is 18.9 Å². The Morgan fingerprint density at radius 1 is 1.55 bits per heavy atom. The molecule has 1 aliphatic rings. The van der Waals surface area contributed by atoms with Gasteiger partial charge in [-0.15, -0.1) is 0 Å². The van der Waals surface area contributed by atoms with Gasteiger partial charge in [-0.25, -0.2) is 4.39 Å².